The van der Waals surface area contributed by atoms with Crippen molar-refractivity contribution in [1.29, 1.82) is 0 Å². The Labute approximate surface area is 102 Å². The molecule has 0 saturated heterocycles. The van der Waals surface area contributed by atoms with E-state index < -0.39 is 0 Å². The molecule has 0 N–H and O–H groups in total. The van der Waals surface area contributed by atoms with E-state index in [0.29, 0.717) is 5.92 Å². The Morgan fingerprint density at radius 2 is 1.94 bits per heavy atom. The predicted octanol–water partition coefficient (Wildman–Crippen LogP) is 2.98. The summed E-state index contributed by atoms with van der Waals surface area (Å²) in [5, 5.41) is 0. The molecule has 16 heavy (non-hydrogen) atoms. The van der Waals surface area contributed by atoms with Crippen molar-refractivity contribution >= 4 is 17.6 Å². The second-order valence-electron chi connectivity index (χ2n) is 6.07. The molecular weight excluding hydrogens is 224 g/mol. The van der Waals surface area contributed by atoms with E-state index in [0.717, 1.165) is 30.6 Å². The van der Waals surface area contributed by atoms with Gasteiger partial charge >= 0.3 is 5.97 Å². The molecule has 4 bridgehead atoms. The Hall–Kier alpha value is -0.240. The third-order valence-corrected chi connectivity index (χ3v) is 5.39. The Kier molecular flexibility index (Phi) is 2.47. The van der Waals surface area contributed by atoms with Crippen molar-refractivity contribution in [2.75, 3.05) is 5.88 Å². The van der Waals surface area contributed by atoms with Crippen LogP contribution in [0.25, 0.3) is 0 Å². The molecule has 0 aromatic heterocycles. The topological polar surface area (TPSA) is 26.3 Å². The summed E-state index contributed by atoms with van der Waals surface area (Å²) < 4.78 is 5.74. The van der Waals surface area contributed by atoms with Crippen molar-refractivity contribution in [3.8, 4) is 0 Å². The summed E-state index contributed by atoms with van der Waals surface area (Å²) in [5.74, 6) is 2.69. The number of carbonyl (C=O) groups is 1. The minimum Gasteiger partial charge on any atom is -0.458 e. The number of halogens is 1. The molecule has 0 aromatic carbocycles. The van der Waals surface area contributed by atoms with Crippen molar-refractivity contribution in [2.24, 2.45) is 23.7 Å². The smallest absolute Gasteiger partial charge is 0.321 e. The molecule has 4 aliphatic carbocycles. The highest BCUT2D eigenvalue weighted by molar-refractivity contribution is 6.26. The van der Waals surface area contributed by atoms with Crippen LogP contribution in [0.4, 0.5) is 0 Å². The van der Waals surface area contributed by atoms with E-state index in [1.807, 2.05) is 0 Å². The van der Waals surface area contributed by atoms with E-state index in [1.54, 1.807) is 0 Å². The Morgan fingerprint density at radius 1 is 1.31 bits per heavy atom. The van der Waals surface area contributed by atoms with Crippen molar-refractivity contribution in [3.05, 3.63) is 0 Å². The molecule has 4 rings (SSSR count). The first-order valence-electron chi connectivity index (χ1n) is 6.41. The molecule has 3 atom stereocenters. The lowest BCUT2D eigenvalue weighted by Crippen LogP contribution is -2.58. The van der Waals surface area contributed by atoms with E-state index >= 15 is 0 Å². The van der Waals surface area contributed by atoms with Crippen molar-refractivity contribution in [1.82, 2.24) is 0 Å². The summed E-state index contributed by atoms with van der Waals surface area (Å²) in [7, 11) is 0. The first-order valence-corrected chi connectivity index (χ1v) is 6.94. The molecule has 3 heteroatoms. The molecule has 90 valence electrons. The van der Waals surface area contributed by atoms with Crippen LogP contribution in [0.2, 0.25) is 0 Å². The van der Waals surface area contributed by atoms with Gasteiger partial charge in [0.15, 0.2) is 0 Å². The predicted molar refractivity (Wildman–Crippen MR) is 62.3 cm³/mol. The normalized spacial score (nSPS) is 49.4. The molecule has 0 heterocycles. The van der Waals surface area contributed by atoms with Crippen LogP contribution in [0.1, 0.15) is 39.0 Å². The molecule has 0 aromatic rings. The summed E-state index contributed by atoms with van der Waals surface area (Å²) in [6.07, 6.45) is 6.26. The van der Waals surface area contributed by atoms with Gasteiger partial charge in [-0.3, -0.25) is 4.79 Å². The SMILES string of the molecule is CC1C2CC3CC(C2)CC1(OC(=O)CCl)C3. The molecule has 0 radical (unpaired) electrons. The molecule has 4 fully saturated rings. The fraction of sp³-hybridized carbons (Fsp3) is 0.923. The summed E-state index contributed by atoms with van der Waals surface area (Å²) in [6.45, 7) is 2.27. The van der Waals surface area contributed by atoms with Crippen molar-refractivity contribution in [2.45, 2.75) is 44.6 Å². The number of hydrogen-bond donors (Lipinski definition) is 0. The maximum Gasteiger partial charge on any atom is 0.321 e. The van der Waals surface area contributed by atoms with Gasteiger partial charge in [0.1, 0.15) is 11.5 Å². The molecular formula is C13H19ClO2. The molecule has 0 aliphatic heterocycles. The summed E-state index contributed by atoms with van der Waals surface area (Å²) in [5.41, 5.74) is -0.152. The van der Waals surface area contributed by atoms with E-state index in [1.165, 1.54) is 19.3 Å². The van der Waals surface area contributed by atoms with Crippen LogP contribution in [-0.2, 0) is 9.53 Å². The van der Waals surface area contributed by atoms with Gasteiger partial charge in [-0.25, -0.2) is 0 Å². The van der Waals surface area contributed by atoms with Gasteiger partial charge in [0.25, 0.3) is 0 Å². The molecule has 0 amide bonds. The standard InChI is InChI=1S/C13H19ClO2/c1-8-11-3-9-2-10(4-11)6-13(8,5-9)16-12(15)7-14/h8-11H,2-7H2,1H3. The Morgan fingerprint density at radius 3 is 2.50 bits per heavy atom. The van der Waals surface area contributed by atoms with Crippen LogP contribution in [0.3, 0.4) is 0 Å². The number of ether oxygens (including phenoxy) is 1. The second kappa shape index (κ2) is 3.63. The number of carbonyl (C=O) groups excluding carboxylic acids is 1. The lowest BCUT2D eigenvalue weighted by molar-refractivity contribution is -0.202. The van der Waals surface area contributed by atoms with Crippen LogP contribution in [0.5, 0.6) is 0 Å². The van der Waals surface area contributed by atoms with Crippen LogP contribution < -0.4 is 0 Å². The number of rotatable bonds is 2. The van der Waals surface area contributed by atoms with Crippen LogP contribution in [-0.4, -0.2) is 17.5 Å². The van der Waals surface area contributed by atoms with Gasteiger partial charge in [0.2, 0.25) is 0 Å². The van der Waals surface area contributed by atoms with Gasteiger partial charge in [-0.2, -0.15) is 0 Å². The van der Waals surface area contributed by atoms with Crippen molar-refractivity contribution < 1.29 is 9.53 Å². The zero-order chi connectivity index (χ0) is 11.3. The first kappa shape index (κ1) is 10.9. The van der Waals surface area contributed by atoms with Crippen LogP contribution >= 0.6 is 11.6 Å². The van der Waals surface area contributed by atoms with Gasteiger partial charge < -0.3 is 4.74 Å². The van der Waals surface area contributed by atoms with Gasteiger partial charge in [-0.05, 0) is 55.8 Å². The third-order valence-electron chi connectivity index (χ3n) is 5.17. The van der Waals surface area contributed by atoms with E-state index in [4.69, 9.17) is 16.3 Å². The Bertz CT molecular complexity index is 301. The van der Waals surface area contributed by atoms with Gasteiger partial charge in [0, 0.05) is 0 Å². The van der Waals surface area contributed by atoms with Gasteiger partial charge in [-0.1, -0.05) is 6.92 Å². The first-order chi connectivity index (χ1) is 7.63. The van der Waals surface area contributed by atoms with E-state index in [2.05, 4.69) is 6.92 Å². The molecule has 3 unspecified atom stereocenters. The monoisotopic (exact) mass is 242 g/mol. The zero-order valence-corrected chi connectivity index (χ0v) is 10.5. The zero-order valence-electron chi connectivity index (χ0n) is 9.75. The highest BCUT2D eigenvalue weighted by Gasteiger charge is 2.57. The molecule has 4 saturated carbocycles. The minimum atomic E-state index is -0.226. The number of alkyl halides is 1. The van der Waals surface area contributed by atoms with E-state index in [-0.39, 0.29) is 17.5 Å². The molecule has 4 aliphatic rings. The second-order valence-corrected chi connectivity index (χ2v) is 6.34. The van der Waals surface area contributed by atoms with Crippen LogP contribution in [0.15, 0.2) is 0 Å². The summed E-state index contributed by atoms with van der Waals surface area (Å²) >= 11 is 5.57. The third kappa shape index (κ3) is 1.49. The molecule has 2 nitrogen and oxygen atoms in total. The lowest BCUT2D eigenvalue weighted by Gasteiger charge is -2.59. The van der Waals surface area contributed by atoms with Gasteiger partial charge in [-0.15, -0.1) is 11.6 Å². The molecule has 0 spiro atoms. The highest BCUT2D eigenvalue weighted by atomic mass is 35.5. The average Bonchev–Trinajstić information content (AvgIpc) is 2.24. The lowest BCUT2D eigenvalue weighted by atomic mass is 9.50. The van der Waals surface area contributed by atoms with Crippen LogP contribution in [0, 0.1) is 23.7 Å². The largest absolute Gasteiger partial charge is 0.458 e. The fourth-order valence-corrected chi connectivity index (χ4v) is 4.70. The number of esters is 1. The Balaban J connectivity index is 1.85. The quantitative estimate of drug-likeness (QED) is 0.550. The van der Waals surface area contributed by atoms with Crippen molar-refractivity contribution in [3.63, 3.8) is 0 Å². The summed E-state index contributed by atoms with van der Waals surface area (Å²) in [4.78, 5) is 11.5. The average molecular weight is 243 g/mol. The maximum absolute atomic E-state index is 11.5. The highest BCUT2D eigenvalue weighted by Crippen LogP contribution is 2.59. The maximum atomic E-state index is 11.5. The van der Waals surface area contributed by atoms with Gasteiger partial charge in [0.05, 0.1) is 0 Å². The van der Waals surface area contributed by atoms with E-state index in [9.17, 15) is 4.79 Å². The minimum absolute atomic E-state index is 0.00549. The summed E-state index contributed by atoms with van der Waals surface area (Å²) in [6, 6.07) is 0. The fourth-order valence-electron chi connectivity index (χ4n) is 4.65. The number of hydrogen-bond acceptors (Lipinski definition) is 2.